The van der Waals surface area contributed by atoms with E-state index in [0.717, 1.165) is 27.9 Å². The fourth-order valence-electron chi connectivity index (χ4n) is 1.81. The molecular formula is C15H18ClN3O. The fraction of sp³-hybridized carbons (Fsp3) is 0.267. The second-order valence-electron chi connectivity index (χ2n) is 4.44. The Morgan fingerprint density at radius 1 is 1.25 bits per heavy atom. The van der Waals surface area contributed by atoms with E-state index in [9.17, 15) is 0 Å². The van der Waals surface area contributed by atoms with E-state index >= 15 is 0 Å². The van der Waals surface area contributed by atoms with E-state index in [2.05, 4.69) is 21.7 Å². The van der Waals surface area contributed by atoms with Crippen LogP contribution in [0.5, 0.6) is 0 Å². The zero-order valence-corrected chi connectivity index (χ0v) is 12.4. The van der Waals surface area contributed by atoms with E-state index in [1.54, 1.807) is 13.3 Å². The molecule has 2 rings (SSSR count). The Morgan fingerprint density at radius 3 is 2.70 bits per heavy atom. The first-order valence-corrected chi connectivity index (χ1v) is 6.79. The van der Waals surface area contributed by atoms with Crippen LogP contribution in [0, 0.1) is 6.92 Å². The molecule has 4 nitrogen and oxygen atoms in total. The first kappa shape index (κ1) is 14.5. The van der Waals surface area contributed by atoms with E-state index in [-0.39, 0.29) is 0 Å². The molecule has 0 aliphatic heterocycles. The van der Waals surface area contributed by atoms with Crippen LogP contribution >= 0.6 is 11.6 Å². The molecule has 0 aliphatic rings. The van der Waals surface area contributed by atoms with Gasteiger partial charge in [-0.05, 0) is 36.2 Å². The van der Waals surface area contributed by atoms with Gasteiger partial charge in [0.2, 0.25) is 0 Å². The maximum atomic E-state index is 6.01. The number of hydrogen-bond acceptors (Lipinski definition) is 2. The lowest BCUT2D eigenvalue weighted by molar-refractivity contribution is 0.501. The minimum absolute atomic E-state index is 0.603. The maximum absolute atomic E-state index is 6.01. The standard InChI is InChI=1S/C15H18ClN3O/c1-11-8-12(5-6-14(11)16)9-18-15(17-2)19-10-13-4-3-7-20-13/h3-8H,9-10H2,1-2H3,(H2,17,18,19). The zero-order valence-electron chi connectivity index (χ0n) is 11.6. The summed E-state index contributed by atoms with van der Waals surface area (Å²) >= 11 is 6.01. The van der Waals surface area contributed by atoms with Crippen molar-refractivity contribution in [2.24, 2.45) is 4.99 Å². The van der Waals surface area contributed by atoms with E-state index < -0.39 is 0 Å². The van der Waals surface area contributed by atoms with Gasteiger partial charge in [0.05, 0.1) is 12.8 Å². The Bertz CT molecular complexity index is 579. The summed E-state index contributed by atoms with van der Waals surface area (Å²) in [6.07, 6.45) is 1.66. The van der Waals surface area contributed by atoms with Gasteiger partial charge in [-0.25, -0.2) is 0 Å². The molecule has 1 aromatic heterocycles. The molecule has 0 unspecified atom stereocenters. The van der Waals surface area contributed by atoms with Crippen LogP contribution < -0.4 is 10.6 Å². The van der Waals surface area contributed by atoms with Crippen molar-refractivity contribution >= 4 is 17.6 Å². The number of hydrogen-bond donors (Lipinski definition) is 2. The molecule has 1 aromatic carbocycles. The fourth-order valence-corrected chi connectivity index (χ4v) is 1.92. The smallest absolute Gasteiger partial charge is 0.191 e. The number of benzene rings is 1. The molecule has 0 amide bonds. The first-order chi connectivity index (χ1) is 9.69. The SMILES string of the molecule is CN=C(NCc1ccc(Cl)c(C)c1)NCc1ccco1. The molecule has 20 heavy (non-hydrogen) atoms. The summed E-state index contributed by atoms with van der Waals surface area (Å²) < 4.78 is 5.26. The second-order valence-corrected chi connectivity index (χ2v) is 4.85. The number of halogens is 1. The van der Waals surface area contributed by atoms with Gasteiger partial charge in [-0.1, -0.05) is 23.7 Å². The average Bonchev–Trinajstić information content (AvgIpc) is 2.96. The largest absolute Gasteiger partial charge is 0.467 e. The third kappa shape index (κ3) is 4.03. The number of aryl methyl sites for hydroxylation is 1. The predicted octanol–water partition coefficient (Wildman–Crippen LogP) is 3.11. The van der Waals surface area contributed by atoms with Gasteiger partial charge in [0.1, 0.15) is 5.76 Å². The third-order valence-corrected chi connectivity index (χ3v) is 3.34. The van der Waals surface area contributed by atoms with Crippen LogP contribution in [0.25, 0.3) is 0 Å². The van der Waals surface area contributed by atoms with Crippen molar-refractivity contribution in [3.63, 3.8) is 0 Å². The molecule has 0 radical (unpaired) electrons. The normalized spacial score (nSPS) is 11.4. The third-order valence-electron chi connectivity index (χ3n) is 2.92. The Morgan fingerprint density at radius 2 is 2.05 bits per heavy atom. The summed E-state index contributed by atoms with van der Waals surface area (Å²) in [5, 5.41) is 7.22. The van der Waals surface area contributed by atoms with Gasteiger partial charge in [0.25, 0.3) is 0 Å². The van der Waals surface area contributed by atoms with Crippen LogP contribution in [0.15, 0.2) is 46.0 Å². The van der Waals surface area contributed by atoms with E-state index in [0.29, 0.717) is 13.1 Å². The van der Waals surface area contributed by atoms with E-state index in [4.69, 9.17) is 16.0 Å². The molecule has 2 N–H and O–H groups in total. The van der Waals surface area contributed by atoms with Crippen molar-refractivity contribution in [1.29, 1.82) is 0 Å². The van der Waals surface area contributed by atoms with Gasteiger partial charge in [-0.2, -0.15) is 0 Å². The second kappa shape index (κ2) is 7.01. The maximum Gasteiger partial charge on any atom is 0.191 e. The number of guanidine groups is 1. The van der Waals surface area contributed by atoms with Crippen LogP contribution in [0.1, 0.15) is 16.9 Å². The number of nitrogens with one attached hydrogen (secondary N) is 2. The van der Waals surface area contributed by atoms with Gasteiger partial charge in [-0.15, -0.1) is 0 Å². The highest BCUT2D eigenvalue weighted by atomic mass is 35.5. The first-order valence-electron chi connectivity index (χ1n) is 6.41. The van der Waals surface area contributed by atoms with Gasteiger partial charge in [-0.3, -0.25) is 4.99 Å². The Balaban J connectivity index is 1.85. The molecule has 0 atom stereocenters. The van der Waals surface area contributed by atoms with Gasteiger partial charge < -0.3 is 15.1 Å². The Kier molecular flexibility index (Phi) is 5.07. The highest BCUT2D eigenvalue weighted by molar-refractivity contribution is 6.31. The van der Waals surface area contributed by atoms with Crippen molar-refractivity contribution in [3.8, 4) is 0 Å². The minimum Gasteiger partial charge on any atom is -0.467 e. The van der Waals surface area contributed by atoms with Crippen molar-refractivity contribution in [1.82, 2.24) is 10.6 Å². The van der Waals surface area contributed by atoms with Crippen LogP contribution in [-0.2, 0) is 13.1 Å². The molecule has 0 spiro atoms. The van der Waals surface area contributed by atoms with Crippen LogP contribution in [0.3, 0.4) is 0 Å². The number of rotatable bonds is 4. The van der Waals surface area contributed by atoms with Crippen LogP contribution in [0.4, 0.5) is 0 Å². The van der Waals surface area contributed by atoms with Crippen molar-refractivity contribution in [3.05, 3.63) is 58.5 Å². The molecule has 5 heteroatoms. The molecule has 0 saturated heterocycles. The molecule has 106 valence electrons. The van der Waals surface area contributed by atoms with Crippen molar-refractivity contribution < 1.29 is 4.42 Å². The molecule has 0 aliphatic carbocycles. The van der Waals surface area contributed by atoms with E-state index in [1.165, 1.54) is 0 Å². The van der Waals surface area contributed by atoms with Crippen LogP contribution in [0.2, 0.25) is 5.02 Å². The summed E-state index contributed by atoms with van der Waals surface area (Å²) in [6, 6.07) is 9.76. The van der Waals surface area contributed by atoms with Crippen molar-refractivity contribution in [2.75, 3.05) is 7.05 Å². The lowest BCUT2D eigenvalue weighted by Crippen LogP contribution is -2.36. The molecule has 0 fully saturated rings. The monoisotopic (exact) mass is 291 g/mol. The summed E-state index contributed by atoms with van der Waals surface area (Å²) in [5.41, 5.74) is 2.23. The van der Waals surface area contributed by atoms with Gasteiger partial charge in [0, 0.05) is 18.6 Å². The number of aliphatic imine (C=N–C) groups is 1. The molecule has 0 saturated carbocycles. The minimum atomic E-state index is 0.603. The zero-order chi connectivity index (χ0) is 14.4. The highest BCUT2D eigenvalue weighted by Gasteiger charge is 2.01. The van der Waals surface area contributed by atoms with Crippen molar-refractivity contribution in [2.45, 2.75) is 20.0 Å². The summed E-state index contributed by atoms with van der Waals surface area (Å²) in [4.78, 5) is 4.17. The number of nitrogens with zero attached hydrogens (tertiary/aromatic N) is 1. The topological polar surface area (TPSA) is 49.6 Å². The highest BCUT2D eigenvalue weighted by Crippen LogP contribution is 2.16. The number of furan rings is 1. The Labute approximate surface area is 123 Å². The summed E-state index contributed by atoms with van der Waals surface area (Å²) in [6.45, 7) is 3.29. The van der Waals surface area contributed by atoms with Crippen LogP contribution in [-0.4, -0.2) is 13.0 Å². The molecule has 1 heterocycles. The predicted molar refractivity (Wildman–Crippen MR) is 81.9 cm³/mol. The van der Waals surface area contributed by atoms with E-state index in [1.807, 2.05) is 31.2 Å². The quantitative estimate of drug-likeness (QED) is 0.672. The summed E-state index contributed by atoms with van der Waals surface area (Å²) in [5.74, 6) is 1.60. The molecule has 2 aromatic rings. The molecular weight excluding hydrogens is 274 g/mol. The Hall–Kier alpha value is -1.94. The lowest BCUT2D eigenvalue weighted by Gasteiger charge is -2.11. The van der Waals surface area contributed by atoms with Gasteiger partial charge in [0.15, 0.2) is 5.96 Å². The molecule has 0 bridgehead atoms. The average molecular weight is 292 g/mol. The summed E-state index contributed by atoms with van der Waals surface area (Å²) in [7, 11) is 1.74. The van der Waals surface area contributed by atoms with Gasteiger partial charge >= 0.3 is 0 Å². The lowest BCUT2D eigenvalue weighted by atomic mass is 10.1.